The topological polar surface area (TPSA) is 63.4 Å². The molecule has 0 atom stereocenters. The van der Waals surface area contributed by atoms with E-state index in [1.54, 1.807) is 0 Å². The summed E-state index contributed by atoms with van der Waals surface area (Å²) in [5.74, 6) is -0.865. The minimum atomic E-state index is -0.639. The lowest BCUT2D eigenvalue weighted by molar-refractivity contribution is -0.384. The van der Waals surface area contributed by atoms with Crippen LogP contribution in [0.1, 0.15) is 5.56 Å². The Morgan fingerprint density at radius 1 is 1.19 bits per heavy atom. The molecule has 1 amide bonds. The van der Waals surface area contributed by atoms with Gasteiger partial charge in [-0.25, -0.2) is 4.39 Å². The maximum absolute atomic E-state index is 13.1. The van der Waals surface area contributed by atoms with Crippen molar-refractivity contribution in [3.05, 3.63) is 72.8 Å². The normalized spacial score (nSPS) is 15.8. The van der Waals surface area contributed by atoms with Gasteiger partial charge in [-0.1, -0.05) is 47.2 Å². The molecule has 0 bridgehead atoms. The Kier molecular flexibility index (Phi) is 5.29. The van der Waals surface area contributed by atoms with Gasteiger partial charge < -0.3 is 0 Å². The highest BCUT2D eigenvalue weighted by Crippen LogP contribution is 2.38. The van der Waals surface area contributed by atoms with Gasteiger partial charge in [-0.05, 0) is 36.4 Å². The summed E-state index contributed by atoms with van der Waals surface area (Å²) in [5, 5.41) is 11.1. The Morgan fingerprint density at radius 2 is 1.85 bits per heavy atom. The van der Waals surface area contributed by atoms with Gasteiger partial charge in [-0.3, -0.25) is 19.8 Å². The molecule has 1 heterocycles. The van der Waals surface area contributed by atoms with Crippen LogP contribution in [0.25, 0.3) is 6.08 Å². The molecule has 132 valence electrons. The Labute approximate surface area is 166 Å². The van der Waals surface area contributed by atoms with Crippen molar-refractivity contribution < 1.29 is 14.1 Å². The minimum Gasteiger partial charge on any atom is -0.268 e. The lowest BCUT2D eigenvalue weighted by Gasteiger charge is -2.14. The Hall–Kier alpha value is -2.00. The number of thiocarbonyl (C=S) groups is 1. The zero-order chi connectivity index (χ0) is 19.0. The van der Waals surface area contributed by atoms with Crippen molar-refractivity contribution in [1.29, 1.82) is 0 Å². The number of hydrogen-bond acceptors (Lipinski definition) is 5. The maximum atomic E-state index is 13.1. The Balaban J connectivity index is 1.99. The fourth-order valence-electron chi connectivity index (χ4n) is 2.23. The zero-order valence-corrected chi connectivity index (χ0v) is 15.8. The molecule has 10 heteroatoms. The predicted molar refractivity (Wildman–Crippen MR) is 105 cm³/mol. The first-order valence-electron chi connectivity index (χ1n) is 6.95. The van der Waals surface area contributed by atoms with Crippen LogP contribution in [-0.2, 0) is 4.79 Å². The molecular formula is C16H7Cl2FN2O3S2. The number of hydrogen-bond donors (Lipinski definition) is 0. The van der Waals surface area contributed by atoms with Gasteiger partial charge in [0.05, 0.1) is 15.5 Å². The summed E-state index contributed by atoms with van der Waals surface area (Å²) in [6, 6.07) is 7.74. The van der Waals surface area contributed by atoms with Crippen LogP contribution in [0.3, 0.4) is 0 Å². The smallest absolute Gasteiger partial charge is 0.268 e. The van der Waals surface area contributed by atoms with Crippen LogP contribution in [0.15, 0.2) is 41.3 Å². The highest BCUT2D eigenvalue weighted by Gasteiger charge is 2.33. The number of halogens is 3. The number of amides is 1. The molecule has 1 aliphatic rings. The van der Waals surface area contributed by atoms with E-state index in [2.05, 4.69) is 0 Å². The molecule has 0 saturated carbocycles. The van der Waals surface area contributed by atoms with E-state index in [0.717, 1.165) is 11.8 Å². The number of benzene rings is 2. The summed E-state index contributed by atoms with van der Waals surface area (Å²) < 4.78 is 13.3. The molecule has 0 unspecified atom stereocenters. The first-order chi connectivity index (χ1) is 12.3. The molecule has 0 aromatic heterocycles. The van der Waals surface area contributed by atoms with Gasteiger partial charge >= 0.3 is 0 Å². The van der Waals surface area contributed by atoms with Crippen molar-refractivity contribution in [2.24, 2.45) is 0 Å². The van der Waals surface area contributed by atoms with Crippen LogP contribution >= 0.6 is 47.2 Å². The molecule has 5 nitrogen and oxygen atoms in total. The fourth-order valence-corrected chi connectivity index (χ4v) is 4.02. The third kappa shape index (κ3) is 3.59. The lowest BCUT2D eigenvalue weighted by atomic mass is 10.1. The van der Waals surface area contributed by atoms with Crippen molar-refractivity contribution >= 4 is 74.9 Å². The average molecular weight is 429 g/mol. The second kappa shape index (κ2) is 7.32. The van der Waals surface area contributed by atoms with Gasteiger partial charge in [0.25, 0.3) is 11.6 Å². The molecule has 1 aliphatic heterocycles. The molecule has 2 aromatic carbocycles. The minimum absolute atomic E-state index is 0.101. The van der Waals surface area contributed by atoms with E-state index < -0.39 is 16.6 Å². The van der Waals surface area contributed by atoms with Crippen LogP contribution in [-0.4, -0.2) is 15.2 Å². The molecule has 1 saturated heterocycles. The van der Waals surface area contributed by atoms with Crippen LogP contribution in [0.2, 0.25) is 10.0 Å². The van der Waals surface area contributed by atoms with Crippen molar-refractivity contribution in [3.63, 3.8) is 0 Å². The Bertz CT molecular complexity index is 980. The van der Waals surface area contributed by atoms with Crippen molar-refractivity contribution in [2.45, 2.75) is 0 Å². The highest BCUT2D eigenvalue weighted by atomic mass is 35.5. The van der Waals surface area contributed by atoms with Gasteiger partial charge in [0.15, 0.2) is 4.32 Å². The highest BCUT2D eigenvalue weighted by molar-refractivity contribution is 8.27. The van der Waals surface area contributed by atoms with Crippen molar-refractivity contribution in [3.8, 4) is 0 Å². The number of carbonyl (C=O) groups is 1. The number of carbonyl (C=O) groups excluding carboxylic acids is 1. The molecule has 1 fully saturated rings. The van der Waals surface area contributed by atoms with Crippen LogP contribution < -0.4 is 4.90 Å². The standard InChI is InChI=1S/C16H7Cl2FN2O3S2/c17-11-7-12(18)13(21(23)24)5-8(11)6-14-15(22)20(16(25)26-14)10-3-1-9(19)2-4-10/h1-7H/b14-6+. The molecule has 0 aliphatic carbocycles. The van der Waals surface area contributed by atoms with Crippen LogP contribution in [0, 0.1) is 15.9 Å². The van der Waals surface area contributed by atoms with E-state index in [4.69, 9.17) is 35.4 Å². The van der Waals surface area contributed by atoms with E-state index in [1.165, 1.54) is 47.4 Å². The molecule has 0 radical (unpaired) electrons. The fraction of sp³-hybridized carbons (Fsp3) is 0. The number of nitro benzene ring substituents is 1. The first kappa shape index (κ1) is 18.8. The molecular weight excluding hydrogens is 422 g/mol. The van der Waals surface area contributed by atoms with Crippen molar-refractivity contribution in [2.75, 3.05) is 4.90 Å². The summed E-state index contributed by atoms with van der Waals surface area (Å²) in [4.78, 5) is 24.5. The van der Waals surface area contributed by atoms with Crippen molar-refractivity contribution in [1.82, 2.24) is 0 Å². The summed E-state index contributed by atoms with van der Waals surface area (Å²) in [5.41, 5.74) is 0.365. The lowest BCUT2D eigenvalue weighted by Crippen LogP contribution is -2.27. The number of thioether (sulfide) groups is 1. The van der Waals surface area contributed by atoms with Crippen LogP contribution in [0.4, 0.5) is 15.8 Å². The summed E-state index contributed by atoms with van der Waals surface area (Å²) in [7, 11) is 0. The molecule has 26 heavy (non-hydrogen) atoms. The molecule has 3 rings (SSSR count). The van der Waals surface area contributed by atoms with Gasteiger partial charge in [-0.2, -0.15) is 0 Å². The third-order valence-corrected chi connectivity index (χ3v) is 5.36. The first-order valence-corrected chi connectivity index (χ1v) is 8.93. The van der Waals surface area contributed by atoms with E-state index in [1.807, 2.05) is 0 Å². The van der Waals surface area contributed by atoms with Gasteiger partial charge in [0, 0.05) is 16.7 Å². The predicted octanol–water partition coefficient (Wildman–Crippen LogP) is 5.45. The average Bonchev–Trinajstić information content (AvgIpc) is 2.84. The monoisotopic (exact) mass is 428 g/mol. The second-order valence-corrected chi connectivity index (χ2v) is 7.57. The van der Waals surface area contributed by atoms with Gasteiger partial charge in [0.1, 0.15) is 10.8 Å². The van der Waals surface area contributed by atoms with E-state index >= 15 is 0 Å². The Morgan fingerprint density at radius 3 is 2.46 bits per heavy atom. The number of rotatable bonds is 3. The van der Waals surface area contributed by atoms with E-state index in [0.29, 0.717) is 5.69 Å². The summed E-state index contributed by atoms with van der Waals surface area (Å²) in [6.07, 6.45) is 1.41. The second-order valence-electron chi connectivity index (χ2n) is 5.08. The molecule has 2 aromatic rings. The summed E-state index contributed by atoms with van der Waals surface area (Å²) >= 11 is 18.1. The molecule has 0 N–H and O–H groups in total. The number of anilines is 1. The number of nitrogens with zero attached hydrogens (tertiary/aromatic N) is 2. The molecule has 0 spiro atoms. The largest absolute Gasteiger partial charge is 0.288 e. The number of nitro groups is 1. The maximum Gasteiger partial charge on any atom is 0.288 e. The third-order valence-electron chi connectivity index (χ3n) is 3.43. The van der Waals surface area contributed by atoms with E-state index in [-0.39, 0.29) is 30.5 Å². The van der Waals surface area contributed by atoms with E-state index in [9.17, 15) is 19.3 Å². The van der Waals surface area contributed by atoms with Crippen LogP contribution in [0.5, 0.6) is 0 Å². The van der Waals surface area contributed by atoms with Gasteiger partial charge in [0.2, 0.25) is 0 Å². The quantitative estimate of drug-likeness (QED) is 0.281. The SMILES string of the molecule is O=C1/C(=C\c2cc([N+](=O)[O-])c(Cl)cc2Cl)SC(=S)N1c1ccc(F)cc1. The zero-order valence-electron chi connectivity index (χ0n) is 12.6. The summed E-state index contributed by atoms with van der Waals surface area (Å²) in [6.45, 7) is 0. The van der Waals surface area contributed by atoms with Gasteiger partial charge in [-0.15, -0.1) is 0 Å².